The number of unbranched alkanes of at least 4 members (excludes halogenated alkanes) is 1. The van der Waals surface area contributed by atoms with Crippen LogP contribution in [0.3, 0.4) is 0 Å². The van der Waals surface area contributed by atoms with Crippen molar-refractivity contribution in [1.29, 1.82) is 0 Å². The molecule has 0 aromatic carbocycles. The molecule has 27 heavy (non-hydrogen) atoms. The third-order valence-corrected chi connectivity index (χ3v) is 7.02. The van der Waals surface area contributed by atoms with E-state index in [2.05, 4.69) is 11.8 Å². The zero-order chi connectivity index (χ0) is 19.0. The minimum atomic E-state index is 0.0795. The number of nitrogens with zero attached hydrogens (tertiary/aromatic N) is 4. The zero-order valence-electron chi connectivity index (χ0n) is 16.3. The second-order valence-electron chi connectivity index (χ2n) is 7.64. The van der Waals surface area contributed by atoms with E-state index in [-0.39, 0.29) is 11.5 Å². The van der Waals surface area contributed by atoms with E-state index in [9.17, 15) is 9.59 Å². The molecule has 0 N–H and O–H groups in total. The summed E-state index contributed by atoms with van der Waals surface area (Å²) in [5.74, 6) is 0.992. The maximum atomic E-state index is 13.1. The number of hydrogen-bond acceptors (Lipinski definition) is 5. The van der Waals surface area contributed by atoms with Gasteiger partial charge in [-0.1, -0.05) is 13.3 Å². The molecule has 2 aromatic heterocycles. The van der Waals surface area contributed by atoms with Gasteiger partial charge in [0.05, 0.1) is 5.39 Å². The van der Waals surface area contributed by atoms with Crippen LogP contribution in [0, 0.1) is 0 Å². The molecule has 4 rings (SSSR count). The van der Waals surface area contributed by atoms with Crippen LogP contribution < -0.4 is 10.5 Å². The second kappa shape index (κ2) is 7.62. The van der Waals surface area contributed by atoms with Gasteiger partial charge in [-0.2, -0.15) is 0 Å². The highest BCUT2D eigenvalue weighted by Crippen LogP contribution is 2.34. The van der Waals surface area contributed by atoms with E-state index in [1.807, 2.05) is 11.9 Å². The lowest BCUT2D eigenvalue weighted by Gasteiger charge is -2.35. The molecule has 1 aliphatic heterocycles. The van der Waals surface area contributed by atoms with Crippen LogP contribution in [-0.2, 0) is 24.7 Å². The third-order valence-electron chi connectivity index (χ3n) is 5.83. The average Bonchev–Trinajstić information content (AvgIpc) is 3.07. The summed E-state index contributed by atoms with van der Waals surface area (Å²) >= 11 is 1.70. The fourth-order valence-corrected chi connectivity index (χ4v) is 5.45. The molecule has 1 saturated heterocycles. The largest absolute Gasteiger partial charge is 0.339 e. The molecule has 3 heterocycles. The summed E-state index contributed by atoms with van der Waals surface area (Å²) in [6.07, 6.45) is 7.09. The fraction of sp³-hybridized carbons (Fsp3) is 0.650. The normalized spacial score (nSPS) is 17.4. The molecule has 1 aliphatic carbocycles. The van der Waals surface area contributed by atoms with Crippen LogP contribution in [0.1, 0.15) is 49.5 Å². The number of rotatable bonds is 4. The Morgan fingerprint density at radius 2 is 1.89 bits per heavy atom. The lowest BCUT2D eigenvalue weighted by molar-refractivity contribution is -0.131. The van der Waals surface area contributed by atoms with Crippen molar-refractivity contribution in [3.05, 3.63) is 20.8 Å². The van der Waals surface area contributed by atoms with Gasteiger partial charge in [-0.3, -0.25) is 14.2 Å². The van der Waals surface area contributed by atoms with E-state index < -0.39 is 0 Å². The molecule has 0 saturated carbocycles. The topological polar surface area (TPSA) is 58.4 Å². The minimum Gasteiger partial charge on any atom is -0.339 e. The highest BCUT2D eigenvalue weighted by Gasteiger charge is 2.26. The lowest BCUT2D eigenvalue weighted by atomic mass is 9.97. The molecule has 7 heteroatoms. The predicted molar refractivity (Wildman–Crippen MR) is 110 cm³/mol. The molecule has 0 spiro atoms. The second-order valence-corrected chi connectivity index (χ2v) is 8.72. The number of anilines is 1. The SMILES string of the molecule is CCCCC(=O)N1CCN(c2nc3sc4c(c3c(=O)n2C)CCCC4)CC1. The Labute approximate surface area is 163 Å². The Hall–Kier alpha value is -1.89. The van der Waals surface area contributed by atoms with Gasteiger partial charge in [-0.05, 0) is 37.7 Å². The summed E-state index contributed by atoms with van der Waals surface area (Å²) in [6.45, 7) is 4.98. The van der Waals surface area contributed by atoms with Crippen LogP contribution in [0.4, 0.5) is 5.95 Å². The molecule has 0 radical (unpaired) electrons. The van der Waals surface area contributed by atoms with Crippen molar-refractivity contribution >= 4 is 33.4 Å². The number of aryl methyl sites for hydroxylation is 2. The van der Waals surface area contributed by atoms with Crippen LogP contribution in [0.25, 0.3) is 10.2 Å². The Kier molecular flexibility index (Phi) is 5.21. The lowest BCUT2D eigenvalue weighted by Crippen LogP contribution is -2.50. The number of amides is 1. The van der Waals surface area contributed by atoms with Gasteiger partial charge in [-0.15, -0.1) is 11.3 Å². The first kappa shape index (κ1) is 18.5. The maximum absolute atomic E-state index is 13.1. The van der Waals surface area contributed by atoms with Crippen LogP contribution in [0.5, 0.6) is 0 Å². The summed E-state index contributed by atoms with van der Waals surface area (Å²) in [7, 11) is 1.83. The molecule has 2 aromatic rings. The standard InChI is InChI=1S/C20H28N4O2S/c1-3-4-9-16(25)23-10-12-24(13-11-23)20-21-18-17(19(26)22(20)2)14-7-5-6-8-15(14)27-18/h3-13H2,1-2H3. The number of carbonyl (C=O) groups excluding carboxylic acids is 1. The number of thiophene rings is 1. The van der Waals surface area contributed by atoms with E-state index in [0.717, 1.165) is 61.4 Å². The first-order chi connectivity index (χ1) is 13.1. The van der Waals surface area contributed by atoms with E-state index in [0.29, 0.717) is 19.5 Å². The van der Waals surface area contributed by atoms with Crippen molar-refractivity contribution in [2.45, 2.75) is 51.9 Å². The quantitative estimate of drug-likeness (QED) is 0.808. The molecule has 1 amide bonds. The first-order valence-corrected chi connectivity index (χ1v) is 11.0. The third kappa shape index (κ3) is 3.37. The Bertz CT molecular complexity index is 909. The maximum Gasteiger partial charge on any atom is 0.263 e. The van der Waals surface area contributed by atoms with Gasteiger partial charge in [0.1, 0.15) is 4.83 Å². The first-order valence-electron chi connectivity index (χ1n) is 10.1. The summed E-state index contributed by atoms with van der Waals surface area (Å²) in [5.41, 5.74) is 1.32. The van der Waals surface area contributed by atoms with E-state index >= 15 is 0 Å². The average molecular weight is 389 g/mol. The smallest absolute Gasteiger partial charge is 0.263 e. The summed E-state index contributed by atoms with van der Waals surface area (Å²) in [4.78, 5) is 36.5. The molecule has 6 nitrogen and oxygen atoms in total. The van der Waals surface area contributed by atoms with Crippen molar-refractivity contribution in [3.63, 3.8) is 0 Å². The molecule has 0 bridgehead atoms. The fourth-order valence-electron chi connectivity index (χ4n) is 4.20. The number of aromatic nitrogens is 2. The van der Waals surface area contributed by atoms with Gasteiger partial charge in [0.15, 0.2) is 0 Å². The number of carbonyl (C=O) groups is 1. The summed E-state index contributed by atoms with van der Waals surface area (Å²) in [6, 6.07) is 0. The van der Waals surface area contributed by atoms with Crippen molar-refractivity contribution < 1.29 is 4.79 Å². The number of hydrogen-bond donors (Lipinski definition) is 0. The van der Waals surface area contributed by atoms with Crippen LogP contribution in [0.15, 0.2) is 4.79 Å². The number of fused-ring (bicyclic) bond motifs is 3. The molecule has 2 aliphatic rings. The van der Waals surface area contributed by atoms with Crippen LogP contribution in [-0.4, -0.2) is 46.5 Å². The van der Waals surface area contributed by atoms with Gasteiger partial charge in [0.2, 0.25) is 11.9 Å². The van der Waals surface area contributed by atoms with E-state index in [1.54, 1.807) is 15.9 Å². The van der Waals surface area contributed by atoms with Crippen LogP contribution >= 0.6 is 11.3 Å². The molecule has 146 valence electrons. The Balaban J connectivity index is 1.57. The van der Waals surface area contributed by atoms with Crippen molar-refractivity contribution in [3.8, 4) is 0 Å². The van der Waals surface area contributed by atoms with Gasteiger partial charge in [-0.25, -0.2) is 4.98 Å². The Morgan fingerprint density at radius 1 is 1.15 bits per heavy atom. The van der Waals surface area contributed by atoms with Crippen molar-refractivity contribution in [2.75, 3.05) is 31.1 Å². The minimum absolute atomic E-state index is 0.0795. The molecule has 1 fully saturated rings. The van der Waals surface area contributed by atoms with Gasteiger partial charge in [0, 0.05) is 44.5 Å². The summed E-state index contributed by atoms with van der Waals surface area (Å²) < 4.78 is 1.71. The van der Waals surface area contributed by atoms with Gasteiger partial charge < -0.3 is 9.80 Å². The van der Waals surface area contributed by atoms with Crippen molar-refractivity contribution in [1.82, 2.24) is 14.5 Å². The molecule has 0 atom stereocenters. The monoisotopic (exact) mass is 388 g/mol. The number of piperazine rings is 1. The van der Waals surface area contributed by atoms with Crippen LogP contribution in [0.2, 0.25) is 0 Å². The Morgan fingerprint density at radius 3 is 2.63 bits per heavy atom. The summed E-state index contributed by atoms with van der Waals surface area (Å²) in [5, 5.41) is 0.842. The molecular weight excluding hydrogens is 360 g/mol. The predicted octanol–water partition coefficient (Wildman–Crippen LogP) is 2.71. The molecule has 0 unspecified atom stereocenters. The van der Waals surface area contributed by atoms with Gasteiger partial charge in [0.25, 0.3) is 5.56 Å². The van der Waals surface area contributed by atoms with E-state index in [4.69, 9.17) is 4.98 Å². The highest BCUT2D eigenvalue weighted by molar-refractivity contribution is 7.18. The highest BCUT2D eigenvalue weighted by atomic mass is 32.1. The van der Waals surface area contributed by atoms with E-state index in [1.165, 1.54) is 16.9 Å². The van der Waals surface area contributed by atoms with Crippen molar-refractivity contribution in [2.24, 2.45) is 7.05 Å². The van der Waals surface area contributed by atoms with Gasteiger partial charge >= 0.3 is 0 Å². The zero-order valence-corrected chi connectivity index (χ0v) is 17.1. The molecular formula is C20H28N4O2S.